The molecule has 2 N–H and O–H groups in total. The SMILES string of the molecule is O=C(NCc1ccc(F)cc1F)c1cn2c(c(O)c1=O)C(=O)N1CC3CC3CC2C1. The lowest BCUT2D eigenvalue weighted by atomic mass is 10.0. The minimum Gasteiger partial charge on any atom is -0.503 e. The Morgan fingerprint density at radius 2 is 1.97 bits per heavy atom. The highest BCUT2D eigenvalue weighted by molar-refractivity contribution is 5.99. The van der Waals surface area contributed by atoms with Crippen molar-refractivity contribution in [1.82, 2.24) is 14.8 Å². The highest BCUT2D eigenvalue weighted by atomic mass is 19.1. The number of hydrogen-bond donors (Lipinski definition) is 2. The van der Waals surface area contributed by atoms with Gasteiger partial charge in [-0.3, -0.25) is 14.4 Å². The first-order valence-corrected chi connectivity index (χ1v) is 9.83. The van der Waals surface area contributed by atoms with Crippen LogP contribution in [0.15, 0.2) is 29.2 Å². The Labute approximate surface area is 169 Å². The number of carbonyl (C=O) groups excluding carboxylic acids is 2. The van der Waals surface area contributed by atoms with Gasteiger partial charge in [-0.2, -0.15) is 0 Å². The molecule has 30 heavy (non-hydrogen) atoms. The molecule has 5 rings (SSSR count). The van der Waals surface area contributed by atoms with Gasteiger partial charge in [-0.25, -0.2) is 8.78 Å². The van der Waals surface area contributed by atoms with Crippen LogP contribution in [0.5, 0.6) is 5.75 Å². The second-order valence-corrected chi connectivity index (χ2v) is 8.25. The number of nitrogens with one attached hydrogen (secondary N) is 1. The second-order valence-electron chi connectivity index (χ2n) is 8.25. The fraction of sp³-hybridized carbons (Fsp3) is 0.381. The molecule has 1 saturated heterocycles. The Hall–Kier alpha value is -3.23. The topological polar surface area (TPSA) is 91.6 Å². The van der Waals surface area contributed by atoms with Crippen LogP contribution in [-0.4, -0.2) is 39.5 Å². The maximum atomic E-state index is 13.8. The van der Waals surface area contributed by atoms with Gasteiger partial charge in [-0.05, 0) is 30.7 Å². The minimum absolute atomic E-state index is 0.0568. The van der Waals surface area contributed by atoms with E-state index in [9.17, 15) is 28.3 Å². The van der Waals surface area contributed by atoms with E-state index in [1.807, 2.05) is 0 Å². The average Bonchev–Trinajstić information content (AvgIpc) is 3.44. The van der Waals surface area contributed by atoms with Gasteiger partial charge in [0.2, 0.25) is 5.43 Å². The van der Waals surface area contributed by atoms with Gasteiger partial charge in [-0.15, -0.1) is 0 Å². The zero-order valence-corrected chi connectivity index (χ0v) is 15.9. The van der Waals surface area contributed by atoms with E-state index >= 15 is 0 Å². The van der Waals surface area contributed by atoms with Crippen LogP contribution >= 0.6 is 0 Å². The molecule has 7 nitrogen and oxygen atoms in total. The molecule has 9 heteroatoms. The zero-order valence-electron chi connectivity index (χ0n) is 15.9. The molecule has 1 saturated carbocycles. The van der Waals surface area contributed by atoms with Crippen molar-refractivity contribution in [2.75, 3.05) is 13.1 Å². The van der Waals surface area contributed by atoms with Crippen LogP contribution in [-0.2, 0) is 6.54 Å². The predicted octanol–water partition coefficient (Wildman–Crippen LogP) is 1.80. The molecule has 0 radical (unpaired) electrons. The Bertz CT molecular complexity index is 1150. The highest BCUT2D eigenvalue weighted by Crippen LogP contribution is 2.49. The summed E-state index contributed by atoms with van der Waals surface area (Å²) in [6, 6.07) is 2.85. The quantitative estimate of drug-likeness (QED) is 0.800. The van der Waals surface area contributed by atoms with Crippen molar-refractivity contribution < 1.29 is 23.5 Å². The van der Waals surface area contributed by atoms with Crippen LogP contribution in [0, 0.1) is 23.5 Å². The number of aromatic hydroxyl groups is 1. The van der Waals surface area contributed by atoms with E-state index in [0.717, 1.165) is 18.9 Å². The highest BCUT2D eigenvalue weighted by Gasteiger charge is 2.47. The molecular weight excluding hydrogens is 396 g/mol. The third-order valence-corrected chi connectivity index (χ3v) is 6.32. The van der Waals surface area contributed by atoms with Crippen LogP contribution < -0.4 is 10.7 Å². The van der Waals surface area contributed by atoms with Crippen molar-refractivity contribution in [2.45, 2.75) is 25.4 Å². The summed E-state index contributed by atoms with van der Waals surface area (Å²) in [6.07, 6.45) is 3.18. The fourth-order valence-electron chi connectivity index (χ4n) is 4.59. The lowest BCUT2D eigenvalue weighted by molar-refractivity contribution is 0.0663. The number of hydrogen-bond acceptors (Lipinski definition) is 4. The van der Waals surface area contributed by atoms with Crippen molar-refractivity contribution in [3.8, 4) is 5.75 Å². The predicted molar refractivity (Wildman–Crippen MR) is 101 cm³/mol. The summed E-state index contributed by atoms with van der Waals surface area (Å²) < 4.78 is 28.4. The van der Waals surface area contributed by atoms with Gasteiger partial charge in [-0.1, -0.05) is 6.07 Å². The van der Waals surface area contributed by atoms with Crippen LogP contribution in [0.3, 0.4) is 0 Å². The van der Waals surface area contributed by atoms with Crippen LogP contribution in [0.1, 0.15) is 45.3 Å². The summed E-state index contributed by atoms with van der Waals surface area (Å²) in [4.78, 5) is 39.7. The number of carbonyl (C=O) groups is 2. The Balaban J connectivity index is 1.46. The summed E-state index contributed by atoms with van der Waals surface area (Å²) in [5.74, 6) is -2.55. The molecule has 1 aliphatic carbocycles. The zero-order chi connectivity index (χ0) is 21.2. The standard InChI is InChI=1S/C21H19F2N3O4/c22-13-2-1-10(16(23)5-13)6-24-20(29)15-9-26-14-4-11-3-12(11)7-25(8-14)21(30)17(26)19(28)18(15)27/h1-2,5,9,11-12,14,28H,3-4,6-8H2,(H,24,29). The Kier molecular flexibility index (Phi) is 4.16. The second kappa shape index (κ2) is 6.65. The average molecular weight is 415 g/mol. The van der Waals surface area contributed by atoms with Gasteiger partial charge in [0.05, 0.1) is 6.04 Å². The molecular formula is C21H19F2N3O4. The van der Waals surface area contributed by atoms with Crippen LogP contribution in [0.25, 0.3) is 0 Å². The first-order chi connectivity index (χ1) is 14.3. The van der Waals surface area contributed by atoms with Crippen molar-refractivity contribution in [2.24, 2.45) is 11.8 Å². The maximum Gasteiger partial charge on any atom is 0.274 e. The molecule has 2 bridgehead atoms. The monoisotopic (exact) mass is 415 g/mol. The number of nitrogens with zero attached hydrogens (tertiary/aromatic N) is 2. The third kappa shape index (κ3) is 2.96. The number of fused-ring (bicyclic) bond motifs is 5. The first-order valence-electron chi connectivity index (χ1n) is 9.83. The van der Waals surface area contributed by atoms with Crippen LogP contribution in [0.2, 0.25) is 0 Å². The van der Waals surface area contributed by atoms with Gasteiger partial charge in [0, 0.05) is 37.5 Å². The maximum absolute atomic E-state index is 13.8. The molecule has 2 fully saturated rings. The van der Waals surface area contributed by atoms with E-state index in [4.69, 9.17) is 0 Å². The smallest absolute Gasteiger partial charge is 0.274 e. The molecule has 3 aliphatic rings. The van der Waals surface area contributed by atoms with E-state index in [-0.39, 0.29) is 29.4 Å². The van der Waals surface area contributed by atoms with Crippen molar-refractivity contribution in [3.05, 3.63) is 63.1 Å². The van der Waals surface area contributed by atoms with Crippen LogP contribution in [0.4, 0.5) is 8.78 Å². The number of rotatable bonds is 3. The Morgan fingerprint density at radius 1 is 1.17 bits per heavy atom. The minimum atomic E-state index is -0.948. The van der Waals surface area contributed by atoms with E-state index in [1.54, 1.807) is 9.47 Å². The van der Waals surface area contributed by atoms with E-state index in [1.165, 1.54) is 12.3 Å². The molecule has 3 atom stereocenters. The van der Waals surface area contributed by atoms with Gasteiger partial charge >= 0.3 is 0 Å². The van der Waals surface area contributed by atoms with E-state index in [2.05, 4.69) is 5.32 Å². The van der Waals surface area contributed by atoms with E-state index < -0.39 is 34.6 Å². The molecule has 3 unspecified atom stereocenters. The molecule has 1 aromatic carbocycles. The van der Waals surface area contributed by atoms with Gasteiger partial charge in [0.15, 0.2) is 11.4 Å². The third-order valence-electron chi connectivity index (χ3n) is 6.32. The molecule has 2 amide bonds. The van der Waals surface area contributed by atoms with E-state index in [0.29, 0.717) is 31.0 Å². The Morgan fingerprint density at radius 3 is 2.73 bits per heavy atom. The lowest BCUT2D eigenvalue weighted by Gasteiger charge is -2.35. The number of halogens is 2. The summed E-state index contributed by atoms with van der Waals surface area (Å²) in [6.45, 7) is 0.842. The summed E-state index contributed by atoms with van der Waals surface area (Å²) in [7, 11) is 0. The number of aromatic nitrogens is 1. The first kappa shape index (κ1) is 18.8. The fourth-order valence-corrected chi connectivity index (χ4v) is 4.59. The van der Waals surface area contributed by atoms with Crippen molar-refractivity contribution >= 4 is 11.8 Å². The van der Waals surface area contributed by atoms with Crippen molar-refractivity contribution in [3.63, 3.8) is 0 Å². The summed E-state index contributed by atoms with van der Waals surface area (Å²) in [5, 5.41) is 12.9. The molecule has 1 aromatic heterocycles. The van der Waals surface area contributed by atoms with Gasteiger partial charge < -0.3 is 19.9 Å². The number of pyridine rings is 1. The van der Waals surface area contributed by atoms with Gasteiger partial charge in [0.25, 0.3) is 11.8 Å². The summed E-state index contributed by atoms with van der Waals surface area (Å²) in [5.41, 5.74) is -1.30. The normalized spacial score (nSPS) is 24.0. The lowest BCUT2D eigenvalue weighted by Crippen LogP contribution is -2.45. The van der Waals surface area contributed by atoms with Crippen molar-refractivity contribution in [1.29, 1.82) is 0 Å². The molecule has 2 aliphatic heterocycles. The number of amides is 2. The molecule has 0 spiro atoms. The van der Waals surface area contributed by atoms with Gasteiger partial charge in [0.1, 0.15) is 17.2 Å². The largest absolute Gasteiger partial charge is 0.503 e. The number of benzene rings is 1. The molecule has 3 heterocycles. The molecule has 2 aromatic rings. The molecule has 156 valence electrons. The summed E-state index contributed by atoms with van der Waals surface area (Å²) >= 11 is 0.